The number of piperidine rings is 1. The van der Waals surface area contributed by atoms with Crippen LogP contribution in [0.15, 0.2) is 26.2 Å². The summed E-state index contributed by atoms with van der Waals surface area (Å²) in [5.41, 5.74) is 0. The highest BCUT2D eigenvalue weighted by atomic mass is 32.2. The fourth-order valence-electron chi connectivity index (χ4n) is 2.82. The van der Waals surface area contributed by atoms with Crippen LogP contribution in [0.25, 0.3) is 0 Å². The smallest absolute Gasteiger partial charge is 0.252 e. The Hall–Kier alpha value is -1.25. The molecule has 1 aliphatic heterocycles. The molecular weight excluding hydrogens is 322 g/mol. The minimum Gasteiger partial charge on any atom is -0.339 e. The van der Waals surface area contributed by atoms with Crippen LogP contribution in [0.2, 0.25) is 0 Å². The average Bonchev–Trinajstić information content (AvgIpc) is 3.06. The van der Waals surface area contributed by atoms with Gasteiger partial charge in [-0.25, -0.2) is 8.42 Å². The second kappa shape index (κ2) is 5.43. The standard InChI is InChI=1S/C14H17N3O3S2/c18-22(19,12-4-2-8-21-12)17-7-1-3-11(9-17)13-15-14(20-16-13)10-5-6-10/h2,4,8,10-11H,1,3,5-7,9H2/t11-/m1/s1. The van der Waals surface area contributed by atoms with E-state index in [2.05, 4.69) is 10.1 Å². The SMILES string of the molecule is O=S(=O)(c1cccs1)N1CCC[C@@H](c2noc(C3CC3)n2)C1. The summed E-state index contributed by atoms with van der Waals surface area (Å²) in [6.45, 7) is 0.994. The Balaban J connectivity index is 1.54. The van der Waals surface area contributed by atoms with Gasteiger partial charge in [-0.2, -0.15) is 9.29 Å². The molecule has 0 spiro atoms. The van der Waals surface area contributed by atoms with Crippen LogP contribution >= 0.6 is 11.3 Å². The van der Waals surface area contributed by atoms with Crippen LogP contribution in [0.5, 0.6) is 0 Å². The van der Waals surface area contributed by atoms with E-state index >= 15 is 0 Å². The molecule has 0 radical (unpaired) electrons. The van der Waals surface area contributed by atoms with Crippen LogP contribution < -0.4 is 0 Å². The summed E-state index contributed by atoms with van der Waals surface area (Å²) in [5, 5.41) is 5.86. The molecule has 2 aromatic rings. The number of thiophene rings is 1. The van der Waals surface area contributed by atoms with Gasteiger partial charge >= 0.3 is 0 Å². The maximum Gasteiger partial charge on any atom is 0.252 e. The third-order valence-electron chi connectivity index (χ3n) is 4.22. The molecule has 0 bridgehead atoms. The highest BCUT2D eigenvalue weighted by molar-refractivity contribution is 7.91. The molecule has 118 valence electrons. The Morgan fingerprint density at radius 2 is 2.14 bits per heavy atom. The van der Waals surface area contributed by atoms with Crippen molar-refractivity contribution in [3.05, 3.63) is 29.2 Å². The summed E-state index contributed by atoms with van der Waals surface area (Å²) in [4.78, 5) is 4.48. The molecule has 8 heteroatoms. The van der Waals surface area contributed by atoms with E-state index in [1.165, 1.54) is 11.3 Å². The maximum absolute atomic E-state index is 12.6. The van der Waals surface area contributed by atoms with Crippen molar-refractivity contribution in [2.45, 2.75) is 41.7 Å². The number of nitrogens with zero attached hydrogens (tertiary/aromatic N) is 3. The van der Waals surface area contributed by atoms with E-state index in [1.807, 2.05) is 0 Å². The van der Waals surface area contributed by atoms with E-state index in [0.29, 0.717) is 34.9 Å². The van der Waals surface area contributed by atoms with Gasteiger partial charge in [0.25, 0.3) is 10.0 Å². The van der Waals surface area contributed by atoms with Crippen molar-refractivity contribution in [2.24, 2.45) is 0 Å². The second-order valence-electron chi connectivity index (χ2n) is 5.90. The number of sulfonamides is 1. The third kappa shape index (κ3) is 2.59. The topological polar surface area (TPSA) is 76.3 Å². The summed E-state index contributed by atoms with van der Waals surface area (Å²) >= 11 is 1.26. The fraction of sp³-hybridized carbons (Fsp3) is 0.571. The highest BCUT2D eigenvalue weighted by Crippen LogP contribution is 2.40. The van der Waals surface area contributed by atoms with Gasteiger partial charge in [-0.3, -0.25) is 0 Å². The summed E-state index contributed by atoms with van der Waals surface area (Å²) in [6, 6.07) is 3.42. The van der Waals surface area contributed by atoms with E-state index in [0.717, 1.165) is 25.7 Å². The van der Waals surface area contributed by atoms with Gasteiger partial charge in [0.2, 0.25) is 5.89 Å². The van der Waals surface area contributed by atoms with Crippen molar-refractivity contribution in [3.63, 3.8) is 0 Å². The molecular formula is C14H17N3O3S2. The Bertz CT molecular complexity index is 750. The summed E-state index contributed by atoms with van der Waals surface area (Å²) < 4.78 is 32.5. The van der Waals surface area contributed by atoms with Crippen molar-refractivity contribution < 1.29 is 12.9 Å². The fourth-order valence-corrected chi connectivity index (χ4v) is 5.49. The molecule has 6 nitrogen and oxygen atoms in total. The molecule has 2 aromatic heterocycles. The van der Waals surface area contributed by atoms with Crippen molar-refractivity contribution >= 4 is 21.4 Å². The molecule has 3 heterocycles. The largest absolute Gasteiger partial charge is 0.339 e. The van der Waals surface area contributed by atoms with E-state index in [1.54, 1.807) is 21.8 Å². The zero-order chi connectivity index (χ0) is 15.2. The van der Waals surface area contributed by atoms with Gasteiger partial charge in [0, 0.05) is 24.9 Å². The third-order valence-corrected chi connectivity index (χ3v) is 7.46. The van der Waals surface area contributed by atoms with E-state index in [4.69, 9.17) is 4.52 Å². The summed E-state index contributed by atoms with van der Waals surface area (Å²) in [5.74, 6) is 1.83. The molecule has 1 saturated heterocycles. The minimum absolute atomic E-state index is 0.0275. The Labute approximate surface area is 133 Å². The lowest BCUT2D eigenvalue weighted by Gasteiger charge is -2.29. The predicted molar refractivity (Wildman–Crippen MR) is 81.3 cm³/mol. The first-order valence-electron chi connectivity index (χ1n) is 7.52. The number of hydrogen-bond donors (Lipinski definition) is 0. The predicted octanol–water partition coefficient (Wildman–Crippen LogP) is 2.58. The average molecular weight is 339 g/mol. The molecule has 4 rings (SSSR count). The van der Waals surface area contributed by atoms with Crippen LogP contribution in [-0.4, -0.2) is 36.0 Å². The minimum atomic E-state index is -3.39. The van der Waals surface area contributed by atoms with Crippen LogP contribution in [0.4, 0.5) is 0 Å². The van der Waals surface area contributed by atoms with Crippen LogP contribution in [0.1, 0.15) is 49.2 Å². The molecule has 2 fully saturated rings. The van der Waals surface area contributed by atoms with E-state index in [9.17, 15) is 8.42 Å². The van der Waals surface area contributed by atoms with Crippen molar-refractivity contribution in [3.8, 4) is 0 Å². The molecule has 0 amide bonds. The lowest BCUT2D eigenvalue weighted by molar-refractivity contribution is 0.301. The van der Waals surface area contributed by atoms with Gasteiger partial charge in [0.05, 0.1) is 0 Å². The van der Waals surface area contributed by atoms with Gasteiger partial charge in [-0.15, -0.1) is 11.3 Å². The second-order valence-corrected chi connectivity index (χ2v) is 9.01. The highest BCUT2D eigenvalue weighted by Gasteiger charge is 2.35. The first-order chi connectivity index (χ1) is 10.6. The lowest BCUT2D eigenvalue weighted by Crippen LogP contribution is -2.39. The van der Waals surface area contributed by atoms with E-state index < -0.39 is 10.0 Å². The van der Waals surface area contributed by atoms with Gasteiger partial charge in [-0.1, -0.05) is 11.2 Å². The van der Waals surface area contributed by atoms with E-state index in [-0.39, 0.29) is 5.92 Å². The molecule has 0 N–H and O–H groups in total. The van der Waals surface area contributed by atoms with Gasteiger partial charge in [0.15, 0.2) is 5.82 Å². The van der Waals surface area contributed by atoms with Crippen LogP contribution in [-0.2, 0) is 10.0 Å². The van der Waals surface area contributed by atoms with Crippen molar-refractivity contribution in [1.29, 1.82) is 0 Å². The first kappa shape index (κ1) is 14.3. The summed E-state index contributed by atoms with van der Waals surface area (Å²) in [6.07, 6.45) is 3.96. The van der Waals surface area contributed by atoms with Crippen LogP contribution in [0, 0.1) is 0 Å². The molecule has 1 atom stereocenters. The summed E-state index contributed by atoms with van der Waals surface area (Å²) in [7, 11) is -3.39. The zero-order valence-corrected chi connectivity index (χ0v) is 13.6. The quantitative estimate of drug-likeness (QED) is 0.856. The molecule has 0 unspecified atom stereocenters. The molecule has 22 heavy (non-hydrogen) atoms. The normalized spacial score (nSPS) is 23.7. The Kier molecular flexibility index (Phi) is 3.54. The van der Waals surface area contributed by atoms with Gasteiger partial charge in [0.1, 0.15) is 4.21 Å². The number of rotatable bonds is 4. The Morgan fingerprint density at radius 3 is 2.86 bits per heavy atom. The molecule has 2 aliphatic rings. The Morgan fingerprint density at radius 1 is 1.27 bits per heavy atom. The first-order valence-corrected chi connectivity index (χ1v) is 9.84. The monoisotopic (exact) mass is 339 g/mol. The van der Waals surface area contributed by atoms with Crippen molar-refractivity contribution in [1.82, 2.24) is 14.4 Å². The molecule has 1 saturated carbocycles. The lowest BCUT2D eigenvalue weighted by atomic mass is 9.99. The molecule has 1 aliphatic carbocycles. The number of aromatic nitrogens is 2. The van der Waals surface area contributed by atoms with Crippen molar-refractivity contribution in [2.75, 3.05) is 13.1 Å². The van der Waals surface area contributed by atoms with Gasteiger partial charge in [-0.05, 0) is 37.1 Å². The number of hydrogen-bond acceptors (Lipinski definition) is 6. The zero-order valence-electron chi connectivity index (χ0n) is 12.0. The molecule has 0 aromatic carbocycles. The van der Waals surface area contributed by atoms with Crippen LogP contribution in [0.3, 0.4) is 0 Å². The van der Waals surface area contributed by atoms with Gasteiger partial charge < -0.3 is 4.52 Å². The maximum atomic E-state index is 12.6.